The van der Waals surface area contributed by atoms with Crippen LogP contribution in [0, 0.1) is 5.92 Å². The van der Waals surface area contributed by atoms with Gasteiger partial charge >= 0.3 is 0 Å². The summed E-state index contributed by atoms with van der Waals surface area (Å²) in [5.41, 5.74) is 0.408. The number of hydrogen-bond acceptors (Lipinski definition) is 4. The normalized spacial score (nSPS) is 20.6. The molecule has 0 radical (unpaired) electrons. The molecule has 0 aromatic heterocycles. The van der Waals surface area contributed by atoms with Crippen molar-refractivity contribution in [2.24, 2.45) is 5.92 Å². The fraction of sp³-hybridized carbons (Fsp3) is 0.448. The molecule has 2 aromatic rings. The third kappa shape index (κ3) is 5.76. The Kier molecular flexibility index (Phi) is 7.91. The number of rotatable bonds is 8. The number of ether oxygens (including phenoxy) is 1. The maximum atomic E-state index is 13.4. The second-order valence-electron chi connectivity index (χ2n) is 10.0. The summed E-state index contributed by atoms with van der Waals surface area (Å²) in [4.78, 5) is 30.8. The molecule has 1 N–H and O–H groups in total. The Morgan fingerprint density at radius 2 is 1.69 bits per heavy atom. The van der Waals surface area contributed by atoms with E-state index in [1.54, 1.807) is 4.90 Å². The van der Waals surface area contributed by atoms with Gasteiger partial charge in [-0.1, -0.05) is 57.2 Å². The average molecular weight is 476 g/mol. The van der Waals surface area contributed by atoms with E-state index >= 15 is 0 Å². The largest absolute Gasteiger partial charge is 0.457 e. The minimum Gasteiger partial charge on any atom is -0.457 e. The van der Waals surface area contributed by atoms with Gasteiger partial charge in [-0.2, -0.15) is 0 Å². The SMILES string of the molecule is CCC=CN1C(=O)C(CC(C)C)NC(=O)C12CCN(Cc1ccc(Oc3ccccc3)cc1)CC2. The maximum absolute atomic E-state index is 13.4. The van der Waals surface area contributed by atoms with E-state index in [4.69, 9.17) is 4.74 Å². The molecule has 186 valence electrons. The lowest BCUT2D eigenvalue weighted by Crippen LogP contribution is -2.71. The number of piperazine rings is 1. The molecule has 2 aromatic carbocycles. The molecule has 35 heavy (non-hydrogen) atoms. The molecule has 6 heteroatoms. The van der Waals surface area contributed by atoms with Gasteiger partial charge in [0.25, 0.3) is 0 Å². The molecular formula is C29H37N3O3. The van der Waals surface area contributed by atoms with Gasteiger partial charge in [0.15, 0.2) is 0 Å². The van der Waals surface area contributed by atoms with Crippen molar-refractivity contribution in [3.8, 4) is 11.5 Å². The predicted molar refractivity (Wildman–Crippen MR) is 138 cm³/mol. The number of nitrogens with zero attached hydrogens (tertiary/aromatic N) is 2. The number of para-hydroxylation sites is 1. The molecule has 2 heterocycles. The number of allylic oxidation sites excluding steroid dienone is 1. The highest BCUT2D eigenvalue weighted by atomic mass is 16.5. The van der Waals surface area contributed by atoms with Gasteiger partial charge in [-0.25, -0.2) is 0 Å². The molecule has 2 aliphatic rings. The minimum absolute atomic E-state index is 0.00873. The Labute approximate surface area is 208 Å². The average Bonchev–Trinajstić information content (AvgIpc) is 2.85. The summed E-state index contributed by atoms with van der Waals surface area (Å²) in [6.07, 6.45) is 6.58. The molecule has 4 rings (SSSR count). The molecule has 1 unspecified atom stereocenters. The maximum Gasteiger partial charge on any atom is 0.250 e. The number of carbonyl (C=O) groups is 2. The monoisotopic (exact) mass is 475 g/mol. The third-order valence-electron chi connectivity index (χ3n) is 6.91. The number of likely N-dealkylation sites (tertiary alicyclic amines) is 1. The van der Waals surface area contributed by atoms with E-state index in [-0.39, 0.29) is 11.8 Å². The van der Waals surface area contributed by atoms with Crippen molar-refractivity contribution in [2.45, 2.75) is 64.6 Å². The molecule has 0 bridgehead atoms. The van der Waals surface area contributed by atoms with E-state index in [1.807, 2.05) is 61.7 Å². The van der Waals surface area contributed by atoms with Gasteiger partial charge in [-0.15, -0.1) is 0 Å². The Bertz CT molecular complexity index is 1020. The number of benzene rings is 2. The number of carbonyl (C=O) groups excluding carboxylic acids is 2. The highest BCUT2D eigenvalue weighted by Crippen LogP contribution is 2.35. The van der Waals surface area contributed by atoms with Crippen LogP contribution >= 0.6 is 0 Å². The first-order chi connectivity index (χ1) is 16.9. The second kappa shape index (κ2) is 11.1. The highest BCUT2D eigenvalue weighted by Gasteiger charge is 2.52. The third-order valence-corrected chi connectivity index (χ3v) is 6.91. The molecule has 2 amide bonds. The molecule has 2 fully saturated rings. The Morgan fingerprint density at radius 1 is 1.03 bits per heavy atom. The summed E-state index contributed by atoms with van der Waals surface area (Å²) >= 11 is 0. The predicted octanol–water partition coefficient (Wildman–Crippen LogP) is 5.11. The summed E-state index contributed by atoms with van der Waals surface area (Å²) in [6.45, 7) is 8.52. The van der Waals surface area contributed by atoms with Crippen molar-refractivity contribution in [2.75, 3.05) is 13.1 Å². The van der Waals surface area contributed by atoms with Crippen LogP contribution in [0.5, 0.6) is 11.5 Å². The lowest BCUT2D eigenvalue weighted by molar-refractivity contribution is -0.157. The number of nitrogens with one attached hydrogen (secondary N) is 1. The van der Waals surface area contributed by atoms with Crippen LogP contribution in [0.1, 0.15) is 52.0 Å². The lowest BCUT2D eigenvalue weighted by Gasteiger charge is -2.50. The lowest BCUT2D eigenvalue weighted by atomic mass is 9.81. The van der Waals surface area contributed by atoms with Crippen LogP contribution in [0.15, 0.2) is 66.9 Å². The van der Waals surface area contributed by atoms with Gasteiger partial charge in [0.2, 0.25) is 11.8 Å². The van der Waals surface area contributed by atoms with Crippen LogP contribution in [0.3, 0.4) is 0 Å². The van der Waals surface area contributed by atoms with Gasteiger partial charge in [0.1, 0.15) is 23.1 Å². The second-order valence-corrected chi connectivity index (χ2v) is 10.0. The van der Waals surface area contributed by atoms with Crippen LogP contribution in [0.2, 0.25) is 0 Å². The zero-order chi connectivity index (χ0) is 24.8. The van der Waals surface area contributed by atoms with Crippen LogP contribution in [-0.4, -0.2) is 46.3 Å². The summed E-state index contributed by atoms with van der Waals surface area (Å²) in [5, 5.41) is 3.06. The molecule has 1 spiro atoms. The van der Waals surface area contributed by atoms with Crippen molar-refractivity contribution >= 4 is 11.8 Å². The first-order valence-corrected chi connectivity index (χ1v) is 12.8. The molecular weight excluding hydrogens is 438 g/mol. The van der Waals surface area contributed by atoms with E-state index in [0.717, 1.165) is 37.6 Å². The smallest absolute Gasteiger partial charge is 0.250 e. The summed E-state index contributed by atoms with van der Waals surface area (Å²) < 4.78 is 5.89. The first kappa shape index (κ1) is 25.0. The molecule has 0 saturated carbocycles. The van der Waals surface area contributed by atoms with Gasteiger partial charge in [0, 0.05) is 25.8 Å². The van der Waals surface area contributed by atoms with Crippen LogP contribution in [0.25, 0.3) is 0 Å². The fourth-order valence-corrected chi connectivity index (χ4v) is 5.00. The van der Waals surface area contributed by atoms with E-state index < -0.39 is 11.6 Å². The summed E-state index contributed by atoms with van der Waals surface area (Å²) in [6, 6.07) is 17.5. The minimum atomic E-state index is -0.792. The van der Waals surface area contributed by atoms with Crippen molar-refractivity contribution in [1.82, 2.24) is 15.1 Å². The van der Waals surface area contributed by atoms with E-state index in [0.29, 0.717) is 25.2 Å². The molecule has 2 saturated heterocycles. The quantitative estimate of drug-likeness (QED) is 0.576. The van der Waals surface area contributed by atoms with Crippen LogP contribution in [0.4, 0.5) is 0 Å². The molecule has 6 nitrogen and oxygen atoms in total. The van der Waals surface area contributed by atoms with Crippen molar-refractivity contribution < 1.29 is 14.3 Å². The van der Waals surface area contributed by atoms with Gasteiger partial charge < -0.3 is 15.0 Å². The van der Waals surface area contributed by atoms with E-state index in [2.05, 4.69) is 36.2 Å². The zero-order valence-electron chi connectivity index (χ0n) is 21.1. The summed E-state index contributed by atoms with van der Waals surface area (Å²) in [7, 11) is 0. The fourth-order valence-electron chi connectivity index (χ4n) is 5.00. The van der Waals surface area contributed by atoms with Gasteiger partial charge in [0.05, 0.1) is 0 Å². The van der Waals surface area contributed by atoms with Crippen molar-refractivity contribution in [3.05, 3.63) is 72.4 Å². The Balaban J connectivity index is 1.40. The Hall–Kier alpha value is -3.12. The number of hydrogen-bond donors (Lipinski definition) is 1. The van der Waals surface area contributed by atoms with Gasteiger partial charge in [-0.05, 0) is 61.4 Å². The van der Waals surface area contributed by atoms with Crippen LogP contribution < -0.4 is 10.1 Å². The summed E-state index contributed by atoms with van der Waals surface area (Å²) in [5.74, 6) is 1.97. The standard InChI is InChI=1S/C29H37N3O3/c1-4-5-17-32-27(33)26(20-22(2)3)30-28(34)29(32)15-18-31(19-16-29)21-23-11-13-25(14-12-23)35-24-9-7-6-8-10-24/h5-14,17,22,26H,4,15-16,18-21H2,1-3H3,(H,30,34). The molecule has 2 aliphatic heterocycles. The zero-order valence-corrected chi connectivity index (χ0v) is 21.1. The highest BCUT2D eigenvalue weighted by molar-refractivity contribution is 6.00. The van der Waals surface area contributed by atoms with Crippen molar-refractivity contribution in [1.29, 1.82) is 0 Å². The molecule has 0 aliphatic carbocycles. The molecule has 1 atom stereocenters. The van der Waals surface area contributed by atoms with Gasteiger partial charge in [-0.3, -0.25) is 14.5 Å². The number of amides is 2. The van der Waals surface area contributed by atoms with Crippen LogP contribution in [-0.2, 0) is 16.1 Å². The van der Waals surface area contributed by atoms with E-state index in [9.17, 15) is 9.59 Å². The first-order valence-electron chi connectivity index (χ1n) is 12.8. The van der Waals surface area contributed by atoms with Crippen molar-refractivity contribution in [3.63, 3.8) is 0 Å². The topological polar surface area (TPSA) is 61.9 Å². The van der Waals surface area contributed by atoms with E-state index in [1.165, 1.54) is 5.56 Å². The Morgan fingerprint density at radius 3 is 2.31 bits per heavy atom. The number of piperidine rings is 1.